The maximum atomic E-state index is 10.4. The first kappa shape index (κ1) is 16.1. The standard InChI is InChI=1S/C17H27NO3/c1-5-6-7-10-18-12-8-9-14-13(11-12)15(20-4)16(19)17(2,3)21-14/h8-9,11,15-16,18-19H,5-7,10H2,1-4H3/t15-,16+/m1/s1. The van der Waals surface area contributed by atoms with E-state index in [4.69, 9.17) is 9.47 Å². The van der Waals surface area contributed by atoms with E-state index in [1.54, 1.807) is 7.11 Å². The van der Waals surface area contributed by atoms with E-state index in [-0.39, 0.29) is 6.10 Å². The third kappa shape index (κ3) is 3.50. The second-order valence-corrected chi connectivity index (χ2v) is 6.19. The maximum absolute atomic E-state index is 10.4. The van der Waals surface area contributed by atoms with Crippen LogP contribution in [0.4, 0.5) is 5.69 Å². The van der Waals surface area contributed by atoms with E-state index < -0.39 is 11.7 Å². The van der Waals surface area contributed by atoms with E-state index in [0.29, 0.717) is 0 Å². The number of hydrogen-bond donors (Lipinski definition) is 2. The molecule has 0 bridgehead atoms. The molecule has 0 radical (unpaired) electrons. The van der Waals surface area contributed by atoms with Crippen LogP contribution in [0.25, 0.3) is 0 Å². The van der Waals surface area contributed by atoms with Crippen LogP contribution >= 0.6 is 0 Å². The van der Waals surface area contributed by atoms with E-state index in [0.717, 1.165) is 30.0 Å². The third-order valence-electron chi connectivity index (χ3n) is 4.05. The number of anilines is 1. The monoisotopic (exact) mass is 293 g/mol. The van der Waals surface area contributed by atoms with Gasteiger partial charge in [0.1, 0.15) is 23.6 Å². The predicted octanol–water partition coefficient (Wildman–Crippen LogP) is 3.51. The average Bonchev–Trinajstić information content (AvgIpc) is 2.45. The van der Waals surface area contributed by atoms with Crippen LogP contribution in [-0.2, 0) is 4.74 Å². The smallest absolute Gasteiger partial charge is 0.132 e. The molecule has 0 amide bonds. The number of methoxy groups -OCH3 is 1. The third-order valence-corrected chi connectivity index (χ3v) is 4.05. The molecule has 4 nitrogen and oxygen atoms in total. The fraction of sp³-hybridized carbons (Fsp3) is 0.647. The summed E-state index contributed by atoms with van der Waals surface area (Å²) in [6.45, 7) is 6.91. The van der Waals surface area contributed by atoms with Crippen LogP contribution in [-0.4, -0.2) is 30.5 Å². The number of aliphatic hydroxyl groups is 1. The van der Waals surface area contributed by atoms with Crippen LogP contribution in [0.3, 0.4) is 0 Å². The van der Waals surface area contributed by atoms with E-state index in [1.165, 1.54) is 12.8 Å². The van der Waals surface area contributed by atoms with Gasteiger partial charge in [-0.25, -0.2) is 0 Å². The van der Waals surface area contributed by atoms with Gasteiger partial charge in [-0.3, -0.25) is 0 Å². The van der Waals surface area contributed by atoms with Crippen LogP contribution in [0.2, 0.25) is 0 Å². The molecule has 1 aromatic rings. The SMILES string of the molecule is CCCCCNc1ccc2c(c1)[C@@H](OC)[C@H](O)C(C)(C)O2. The largest absolute Gasteiger partial charge is 0.485 e. The highest BCUT2D eigenvalue weighted by molar-refractivity contribution is 5.53. The minimum absolute atomic E-state index is 0.360. The van der Waals surface area contributed by atoms with Gasteiger partial charge in [0.2, 0.25) is 0 Å². The summed E-state index contributed by atoms with van der Waals surface area (Å²) >= 11 is 0. The fourth-order valence-corrected chi connectivity index (χ4v) is 2.72. The van der Waals surface area contributed by atoms with Gasteiger partial charge in [-0.1, -0.05) is 19.8 Å². The summed E-state index contributed by atoms with van der Waals surface area (Å²) in [7, 11) is 1.63. The van der Waals surface area contributed by atoms with E-state index in [9.17, 15) is 5.11 Å². The first-order chi connectivity index (χ1) is 9.99. The van der Waals surface area contributed by atoms with Crippen LogP contribution in [0.5, 0.6) is 5.75 Å². The van der Waals surface area contributed by atoms with E-state index in [2.05, 4.69) is 12.2 Å². The van der Waals surface area contributed by atoms with Gasteiger partial charge in [-0.05, 0) is 38.5 Å². The Morgan fingerprint density at radius 3 is 2.76 bits per heavy atom. The lowest BCUT2D eigenvalue weighted by Gasteiger charge is -2.41. The van der Waals surface area contributed by atoms with Gasteiger partial charge in [-0.2, -0.15) is 0 Å². The molecular weight excluding hydrogens is 266 g/mol. The summed E-state index contributed by atoms with van der Waals surface area (Å²) in [5.41, 5.74) is 1.30. The topological polar surface area (TPSA) is 50.7 Å². The normalized spacial score (nSPS) is 23.3. The van der Waals surface area contributed by atoms with Crippen molar-refractivity contribution < 1.29 is 14.6 Å². The Labute approximate surface area is 127 Å². The zero-order valence-corrected chi connectivity index (χ0v) is 13.5. The second-order valence-electron chi connectivity index (χ2n) is 6.19. The van der Waals surface area contributed by atoms with Crippen LogP contribution in [0, 0.1) is 0 Å². The number of ether oxygens (including phenoxy) is 2. The highest BCUT2D eigenvalue weighted by atomic mass is 16.5. The first-order valence-corrected chi connectivity index (χ1v) is 7.77. The second kappa shape index (κ2) is 6.67. The molecule has 1 aliphatic heterocycles. The summed E-state index contributed by atoms with van der Waals surface area (Å²) in [6, 6.07) is 6.00. The molecular formula is C17H27NO3. The Morgan fingerprint density at radius 2 is 2.10 bits per heavy atom. The number of hydrogen-bond acceptors (Lipinski definition) is 4. The molecule has 2 rings (SSSR count). The average molecular weight is 293 g/mol. The molecule has 0 unspecified atom stereocenters. The lowest BCUT2D eigenvalue weighted by Crippen LogP contribution is -2.49. The van der Waals surface area contributed by atoms with Gasteiger partial charge >= 0.3 is 0 Å². The van der Waals surface area contributed by atoms with Crippen molar-refractivity contribution in [2.45, 2.75) is 57.8 Å². The Bertz CT molecular complexity index is 473. The van der Waals surface area contributed by atoms with Gasteiger partial charge in [-0.15, -0.1) is 0 Å². The molecule has 2 N–H and O–H groups in total. The molecule has 0 aromatic heterocycles. The zero-order valence-electron chi connectivity index (χ0n) is 13.5. The quantitative estimate of drug-likeness (QED) is 0.788. The summed E-state index contributed by atoms with van der Waals surface area (Å²) in [6.07, 6.45) is 2.56. The minimum Gasteiger partial charge on any atom is -0.485 e. The van der Waals surface area contributed by atoms with Crippen LogP contribution in [0.15, 0.2) is 18.2 Å². The highest BCUT2D eigenvalue weighted by Gasteiger charge is 2.43. The van der Waals surface area contributed by atoms with E-state index in [1.807, 2.05) is 32.0 Å². The lowest BCUT2D eigenvalue weighted by molar-refractivity contribution is -0.124. The molecule has 1 heterocycles. The van der Waals surface area contributed by atoms with Crippen molar-refractivity contribution in [2.24, 2.45) is 0 Å². The highest BCUT2D eigenvalue weighted by Crippen LogP contribution is 2.42. The molecule has 0 saturated heterocycles. The maximum Gasteiger partial charge on any atom is 0.132 e. The molecule has 0 aliphatic carbocycles. The number of nitrogens with one attached hydrogen (secondary N) is 1. The molecule has 118 valence electrons. The molecule has 1 aromatic carbocycles. The number of fused-ring (bicyclic) bond motifs is 1. The van der Waals surface area contributed by atoms with Gasteiger partial charge in [0.15, 0.2) is 0 Å². The number of rotatable bonds is 6. The van der Waals surface area contributed by atoms with Crippen molar-refractivity contribution in [2.75, 3.05) is 19.0 Å². The van der Waals surface area contributed by atoms with Gasteiger partial charge < -0.3 is 19.9 Å². The van der Waals surface area contributed by atoms with Crippen LogP contribution in [0.1, 0.15) is 51.7 Å². The first-order valence-electron chi connectivity index (χ1n) is 7.77. The van der Waals surface area contributed by atoms with Crippen molar-refractivity contribution >= 4 is 5.69 Å². The summed E-state index contributed by atoms with van der Waals surface area (Å²) in [5.74, 6) is 0.788. The molecule has 0 saturated carbocycles. The van der Waals surface area contributed by atoms with Gasteiger partial charge in [0.25, 0.3) is 0 Å². The molecule has 21 heavy (non-hydrogen) atoms. The Morgan fingerprint density at radius 1 is 1.33 bits per heavy atom. The Kier molecular flexibility index (Phi) is 5.12. The number of benzene rings is 1. The number of unbranched alkanes of at least 4 members (excludes halogenated alkanes) is 2. The predicted molar refractivity (Wildman–Crippen MR) is 84.9 cm³/mol. The fourth-order valence-electron chi connectivity index (χ4n) is 2.72. The molecule has 0 fully saturated rings. The minimum atomic E-state index is -0.689. The zero-order chi connectivity index (χ0) is 15.5. The molecule has 1 aliphatic rings. The summed E-state index contributed by atoms with van der Waals surface area (Å²) in [4.78, 5) is 0. The molecule has 0 spiro atoms. The van der Waals surface area contributed by atoms with Crippen molar-refractivity contribution in [3.8, 4) is 5.75 Å². The Balaban J connectivity index is 2.17. The number of aliphatic hydroxyl groups excluding tert-OH is 1. The Hall–Kier alpha value is -1.26. The van der Waals surface area contributed by atoms with Crippen molar-refractivity contribution in [1.29, 1.82) is 0 Å². The lowest BCUT2D eigenvalue weighted by atomic mass is 9.88. The van der Waals surface area contributed by atoms with Gasteiger partial charge in [0.05, 0.1) is 0 Å². The van der Waals surface area contributed by atoms with Crippen molar-refractivity contribution in [1.82, 2.24) is 0 Å². The van der Waals surface area contributed by atoms with E-state index >= 15 is 0 Å². The van der Waals surface area contributed by atoms with Crippen LogP contribution < -0.4 is 10.1 Å². The summed E-state index contributed by atoms with van der Waals surface area (Å²) in [5, 5.41) is 13.8. The molecule has 2 atom stereocenters. The van der Waals surface area contributed by atoms with Crippen molar-refractivity contribution in [3.63, 3.8) is 0 Å². The summed E-state index contributed by atoms with van der Waals surface area (Å²) < 4.78 is 11.4. The van der Waals surface area contributed by atoms with Crippen molar-refractivity contribution in [3.05, 3.63) is 23.8 Å². The van der Waals surface area contributed by atoms with Gasteiger partial charge in [0, 0.05) is 24.9 Å². The molecule has 4 heteroatoms.